The van der Waals surface area contributed by atoms with Crippen LogP contribution in [0.3, 0.4) is 0 Å². The first kappa shape index (κ1) is 6.89. The zero-order valence-corrected chi connectivity index (χ0v) is 6.55. The number of hydrogen-bond donors (Lipinski definition) is 1. The van der Waals surface area contributed by atoms with E-state index < -0.39 is 0 Å². The second kappa shape index (κ2) is 2.68. The Bertz CT molecular complexity index is 198. The van der Waals surface area contributed by atoms with Crippen molar-refractivity contribution in [2.24, 2.45) is 5.92 Å². The van der Waals surface area contributed by atoms with Gasteiger partial charge in [0.05, 0.1) is 5.92 Å². The molecule has 0 saturated carbocycles. The van der Waals surface area contributed by atoms with Gasteiger partial charge >= 0.3 is 0 Å². The lowest BCUT2D eigenvalue weighted by Crippen LogP contribution is -2.57. The highest BCUT2D eigenvalue weighted by atomic mass is 16.2. The molecule has 2 heteroatoms. The van der Waals surface area contributed by atoms with Crippen molar-refractivity contribution in [1.29, 1.82) is 0 Å². The molecule has 0 unspecified atom stereocenters. The van der Waals surface area contributed by atoms with Crippen molar-refractivity contribution in [2.45, 2.75) is 31.7 Å². The zero-order chi connectivity index (χ0) is 7.68. The van der Waals surface area contributed by atoms with Gasteiger partial charge in [-0.3, -0.25) is 4.79 Å². The molecule has 11 heavy (non-hydrogen) atoms. The fourth-order valence-corrected chi connectivity index (χ4v) is 1.87. The van der Waals surface area contributed by atoms with E-state index in [2.05, 4.69) is 17.5 Å². The fourth-order valence-electron chi connectivity index (χ4n) is 1.87. The maximum Gasteiger partial charge on any atom is 0.225 e. The maximum absolute atomic E-state index is 11.0. The topological polar surface area (TPSA) is 29.1 Å². The monoisotopic (exact) mass is 151 g/mol. The fraction of sp³-hybridized carbons (Fsp3) is 0.667. The van der Waals surface area contributed by atoms with Gasteiger partial charge in [-0.1, -0.05) is 12.2 Å². The van der Waals surface area contributed by atoms with Crippen LogP contribution in [0.2, 0.25) is 0 Å². The van der Waals surface area contributed by atoms with Crippen molar-refractivity contribution >= 4 is 5.91 Å². The van der Waals surface area contributed by atoms with E-state index in [1.807, 2.05) is 0 Å². The first-order valence-corrected chi connectivity index (χ1v) is 4.33. The van der Waals surface area contributed by atoms with E-state index in [9.17, 15) is 4.79 Å². The summed E-state index contributed by atoms with van der Waals surface area (Å²) in [7, 11) is 0. The third kappa shape index (κ3) is 1.17. The van der Waals surface area contributed by atoms with Gasteiger partial charge in [0.25, 0.3) is 0 Å². The molecule has 1 heterocycles. The minimum Gasteiger partial charge on any atom is -0.352 e. The minimum atomic E-state index is 0.269. The third-order valence-corrected chi connectivity index (χ3v) is 2.61. The van der Waals surface area contributed by atoms with Gasteiger partial charge in [-0.2, -0.15) is 0 Å². The molecule has 1 N–H and O–H groups in total. The summed E-state index contributed by atoms with van der Waals surface area (Å²) in [6.45, 7) is 0. The van der Waals surface area contributed by atoms with Crippen LogP contribution in [0.1, 0.15) is 25.7 Å². The molecule has 0 aromatic heterocycles. The van der Waals surface area contributed by atoms with Crippen LogP contribution in [-0.4, -0.2) is 11.9 Å². The molecule has 1 fully saturated rings. The first-order valence-electron chi connectivity index (χ1n) is 4.33. The average Bonchev–Trinajstić information content (AvgIpc) is 1.96. The predicted octanol–water partition coefficient (Wildman–Crippen LogP) is 1.23. The van der Waals surface area contributed by atoms with Crippen LogP contribution in [0, 0.1) is 5.92 Å². The Kier molecular flexibility index (Phi) is 1.68. The summed E-state index contributed by atoms with van der Waals surface area (Å²) in [4.78, 5) is 11.0. The van der Waals surface area contributed by atoms with Crippen molar-refractivity contribution in [3.05, 3.63) is 12.2 Å². The Morgan fingerprint density at radius 1 is 1.27 bits per heavy atom. The van der Waals surface area contributed by atoms with Gasteiger partial charge in [-0.25, -0.2) is 0 Å². The Hall–Kier alpha value is -0.790. The largest absolute Gasteiger partial charge is 0.352 e. The molecule has 0 bridgehead atoms. The van der Waals surface area contributed by atoms with Crippen LogP contribution in [0.5, 0.6) is 0 Å². The van der Waals surface area contributed by atoms with E-state index in [0.29, 0.717) is 12.0 Å². The summed E-state index contributed by atoms with van der Waals surface area (Å²) in [6.07, 6.45) is 8.80. The number of carbonyl (C=O) groups excluding carboxylic acids is 1. The van der Waals surface area contributed by atoms with Crippen LogP contribution in [0.25, 0.3) is 0 Å². The van der Waals surface area contributed by atoms with Gasteiger partial charge in [0.2, 0.25) is 5.91 Å². The molecular weight excluding hydrogens is 138 g/mol. The van der Waals surface area contributed by atoms with Gasteiger partial charge in [0.1, 0.15) is 0 Å². The van der Waals surface area contributed by atoms with Gasteiger partial charge in [0.15, 0.2) is 0 Å². The SMILES string of the molecule is O=C1N[C@@H]2CCC=CCC[C@H]12. The van der Waals surface area contributed by atoms with Gasteiger partial charge in [-0.05, 0) is 25.7 Å². The lowest BCUT2D eigenvalue weighted by molar-refractivity contribution is -0.135. The van der Waals surface area contributed by atoms with Crippen molar-refractivity contribution in [2.75, 3.05) is 0 Å². The Morgan fingerprint density at radius 3 is 2.73 bits per heavy atom. The standard InChI is InChI=1S/C9H13NO/c11-9-7-5-3-1-2-4-6-8(7)10-9/h1-2,7-8H,3-6H2,(H,10,11)/t7-,8+/m0/s1. The number of rotatable bonds is 0. The number of amides is 1. The van der Waals surface area contributed by atoms with E-state index in [-0.39, 0.29) is 5.91 Å². The van der Waals surface area contributed by atoms with Crippen molar-refractivity contribution in [3.63, 3.8) is 0 Å². The van der Waals surface area contributed by atoms with Crippen LogP contribution in [-0.2, 0) is 4.79 Å². The molecule has 2 aliphatic rings. The van der Waals surface area contributed by atoms with Crippen LogP contribution in [0.15, 0.2) is 12.2 Å². The number of hydrogen-bond acceptors (Lipinski definition) is 1. The van der Waals surface area contributed by atoms with E-state index >= 15 is 0 Å². The van der Waals surface area contributed by atoms with Crippen molar-refractivity contribution < 1.29 is 4.79 Å². The molecule has 0 aromatic rings. The second-order valence-electron chi connectivity index (χ2n) is 3.35. The summed E-state index contributed by atoms with van der Waals surface area (Å²) in [6, 6.07) is 0.493. The molecule has 0 aromatic carbocycles. The molecule has 0 spiro atoms. The van der Waals surface area contributed by atoms with E-state index in [1.54, 1.807) is 0 Å². The molecule has 1 aliphatic heterocycles. The van der Waals surface area contributed by atoms with Gasteiger partial charge in [-0.15, -0.1) is 0 Å². The molecule has 2 rings (SSSR count). The third-order valence-electron chi connectivity index (χ3n) is 2.61. The molecule has 60 valence electrons. The Labute approximate surface area is 66.7 Å². The average molecular weight is 151 g/mol. The van der Waals surface area contributed by atoms with Gasteiger partial charge < -0.3 is 5.32 Å². The smallest absolute Gasteiger partial charge is 0.225 e. The lowest BCUT2D eigenvalue weighted by Gasteiger charge is -2.37. The van der Waals surface area contributed by atoms with Crippen LogP contribution < -0.4 is 5.32 Å². The highest BCUT2D eigenvalue weighted by Crippen LogP contribution is 2.26. The van der Waals surface area contributed by atoms with Crippen LogP contribution in [0.4, 0.5) is 0 Å². The summed E-state index contributed by atoms with van der Waals surface area (Å²) in [5.41, 5.74) is 0. The molecule has 0 radical (unpaired) electrons. The quantitative estimate of drug-likeness (QED) is 0.409. The van der Waals surface area contributed by atoms with E-state index in [4.69, 9.17) is 0 Å². The van der Waals surface area contributed by atoms with E-state index in [0.717, 1.165) is 25.7 Å². The predicted molar refractivity (Wildman–Crippen MR) is 43.0 cm³/mol. The summed E-state index contributed by atoms with van der Waals surface area (Å²) in [5.74, 6) is 0.602. The zero-order valence-electron chi connectivity index (χ0n) is 6.55. The Balaban J connectivity index is 2.00. The summed E-state index contributed by atoms with van der Waals surface area (Å²) < 4.78 is 0. The minimum absolute atomic E-state index is 0.269. The van der Waals surface area contributed by atoms with E-state index in [1.165, 1.54) is 0 Å². The highest BCUT2D eigenvalue weighted by Gasteiger charge is 2.37. The summed E-state index contributed by atoms with van der Waals surface area (Å²) in [5, 5.41) is 2.94. The van der Waals surface area contributed by atoms with Crippen LogP contribution >= 0.6 is 0 Å². The molecule has 1 saturated heterocycles. The molecule has 2 atom stereocenters. The lowest BCUT2D eigenvalue weighted by atomic mass is 9.82. The number of nitrogens with one attached hydrogen (secondary N) is 1. The van der Waals surface area contributed by atoms with Crippen molar-refractivity contribution in [1.82, 2.24) is 5.32 Å². The first-order chi connectivity index (χ1) is 5.38. The molecule has 1 amide bonds. The normalized spacial score (nSPS) is 36.2. The summed E-state index contributed by atoms with van der Waals surface area (Å²) >= 11 is 0. The van der Waals surface area contributed by atoms with Gasteiger partial charge in [0, 0.05) is 6.04 Å². The number of allylic oxidation sites excluding steroid dienone is 2. The number of fused-ring (bicyclic) bond motifs is 1. The molecule has 2 nitrogen and oxygen atoms in total. The maximum atomic E-state index is 11.0. The second-order valence-corrected chi connectivity index (χ2v) is 3.35. The van der Waals surface area contributed by atoms with Crippen molar-refractivity contribution in [3.8, 4) is 0 Å². The number of β-lactam (4-membered cyclic amide) rings is 1. The Morgan fingerprint density at radius 2 is 2.00 bits per heavy atom. The molecular formula is C9H13NO. The highest BCUT2D eigenvalue weighted by molar-refractivity contribution is 5.85. The number of carbonyl (C=O) groups is 1. The molecule has 1 aliphatic carbocycles.